The summed E-state index contributed by atoms with van der Waals surface area (Å²) in [4.78, 5) is 4.34. The van der Waals surface area contributed by atoms with Crippen LogP contribution in [0.25, 0.3) is 0 Å². The van der Waals surface area contributed by atoms with Crippen molar-refractivity contribution in [3.8, 4) is 0 Å². The van der Waals surface area contributed by atoms with E-state index in [4.69, 9.17) is 11.6 Å². The third-order valence-electron chi connectivity index (χ3n) is 5.05. The highest BCUT2D eigenvalue weighted by atomic mass is 35.5. The zero-order chi connectivity index (χ0) is 18.6. The number of hydrogen-bond donors (Lipinski definition) is 2. The number of halogens is 1. The summed E-state index contributed by atoms with van der Waals surface area (Å²) < 4.78 is 2.06. The molecule has 1 heterocycles. The Balaban J connectivity index is 1.44. The van der Waals surface area contributed by atoms with Crippen molar-refractivity contribution in [1.29, 1.82) is 0 Å². The lowest BCUT2D eigenvalue weighted by molar-refractivity contribution is 0.553. The van der Waals surface area contributed by atoms with Gasteiger partial charge in [-0.3, -0.25) is 9.67 Å². The lowest BCUT2D eigenvalue weighted by Gasteiger charge is -2.19. The minimum atomic E-state index is 0.201. The maximum absolute atomic E-state index is 6.15. The average molecular weight is 374 g/mol. The summed E-state index contributed by atoms with van der Waals surface area (Å²) in [6, 6.07) is 10.3. The third-order valence-corrected chi connectivity index (χ3v) is 5.29. The molecule has 2 N–H and O–H groups in total. The maximum Gasteiger partial charge on any atom is 0.191 e. The second-order valence-corrected chi connectivity index (χ2v) is 7.58. The molecular formula is C20H28ClN5. The lowest BCUT2D eigenvalue weighted by atomic mass is 9.96. The third kappa shape index (κ3) is 4.58. The van der Waals surface area contributed by atoms with Crippen molar-refractivity contribution in [2.45, 2.75) is 45.1 Å². The van der Waals surface area contributed by atoms with E-state index in [1.807, 2.05) is 26.1 Å². The number of nitrogens with zero attached hydrogens (tertiary/aromatic N) is 3. The zero-order valence-corrected chi connectivity index (χ0v) is 16.6. The van der Waals surface area contributed by atoms with Gasteiger partial charge in [0.05, 0.1) is 5.69 Å². The van der Waals surface area contributed by atoms with Crippen LogP contribution in [0.1, 0.15) is 36.2 Å². The van der Waals surface area contributed by atoms with E-state index in [2.05, 4.69) is 50.5 Å². The number of aryl methyl sites for hydroxylation is 3. The Morgan fingerprint density at radius 1 is 1.27 bits per heavy atom. The van der Waals surface area contributed by atoms with Crippen LogP contribution in [0.15, 0.2) is 35.3 Å². The molecule has 2 aromatic rings. The predicted molar refractivity (Wildman–Crippen MR) is 108 cm³/mol. The van der Waals surface area contributed by atoms with Crippen LogP contribution >= 0.6 is 11.6 Å². The van der Waals surface area contributed by atoms with Crippen LogP contribution in [0, 0.1) is 13.8 Å². The van der Waals surface area contributed by atoms with E-state index in [1.165, 1.54) is 24.1 Å². The van der Waals surface area contributed by atoms with Crippen molar-refractivity contribution in [3.63, 3.8) is 0 Å². The van der Waals surface area contributed by atoms with Gasteiger partial charge in [0.1, 0.15) is 0 Å². The molecule has 0 radical (unpaired) electrons. The molecule has 3 rings (SSSR count). The standard InChI is InChI=1S/C20H28ClN5/c1-15-12-16(2)26(25-15)11-5-10-23-19(22-3)24-14-20(8-9-20)17-6-4-7-18(21)13-17/h4,6-7,12-13H,5,8-11,14H2,1-3H3,(H2,22,23,24). The van der Waals surface area contributed by atoms with Gasteiger partial charge in [0.25, 0.3) is 0 Å². The molecule has 1 aliphatic carbocycles. The van der Waals surface area contributed by atoms with E-state index in [1.54, 1.807) is 0 Å². The lowest BCUT2D eigenvalue weighted by Crippen LogP contribution is -2.41. The van der Waals surface area contributed by atoms with Crippen molar-refractivity contribution < 1.29 is 0 Å². The highest BCUT2D eigenvalue weighted by Crippen LogP contribution is 2.48. The minimum absolute atomic E-state index is 0.201. The van der Waals surface area contributed by atoms with Crippen LogP contribution in [-0.2, 0) is 12.0 Å². The molecule has 1 saturated carbocycles. The van der Waals surface area contributed by atoms with E-state index in [9.17, 15) is 0 Å². The van der Waals surface area contributed by atoms with Crippen LogP contribution in [0.4, 0.5) is 0 Å². The zero-order valence-electron chi connectivity index (χ0n) is 15.8. The Kier molecular flexibility index (Phi) is 5.87. The molecule has 0 saturated heterocycles. The van der Waals surface area contributed by atoms with E-state index in [-0.39, 0.29) is 5.41 Å². The van der Waals surface area contributed by atoms with Gasteiger partial charge in [-0.25, -0.2) is 0 Å². The smallest absolute Gasteiger partial charge is 0.191 e. The molecule has 0 unspecified atom stereocenters. The normalized spacial score (nSPS) is 15.8. The molecule has 0 bridgehead atoms. The van der Waals surface area contributed by atoms with Gasteiger partial charge in [-0.2, -0.15) is 5.10 Å². The van der Waals surface area contributed by atoms with Crippen molar-refractivity contribution in [1.82, 2.24) is 20.4 Å². The highest BCUT2D eigenvalue weighted by molar-refractivity contribution is 6.30. The maximum atomic E-state index is 6.15. The Bertz CT molecular complexity index is 776. The van der Waals surface area contributed by atoms with E-state index < -0.39 is 0 Å². The molecule has 0 aliphatic heterocycles. The molecular weight excluding hydrogens is 346 g/mol. The van der Waals surface area contributed by atoms with Gasteiger partial charge in [-0.1, -0.05) is 23.7 Å². The SMILES string of the molecule is CN=C(NCCCn1nc(C)cc1C)NCC1(c2cccc(Cl)c2)CC1. The van der Waals surface area contributed by atoms with Gasteiger partial charge in [0.2, 0.25) is 0 Å². The van der Waals surface area contributed by atoms with Crippen LogP contribution in [0.3, 0.4) is 0 Å². The summed E-state index contributed by atoms with van der Waals surface area (Å²) in [5, 5.41) is 12.2. The predicted octanol–water partition coefficient (Wildman–Crippen LogP) is 3.44. The van der Waals surface area contributed by atoms with Gasteiger partial charge < -0.3 is 10.6 Å². The summed E-state index contributed by atoms with van der Waals surface area (Å²) in [5.41, 5.74) is 3.80. The number of benzene rings is 1. The van der Waals surface area contributed by atoms with Gasteiger partial charge >= 0.3 is 0 Å². The number of rotatable bonds is 7. The summed E-state index contributed by atoms with van der Waals surface area (Å²) in [7, 11) is 1.81. The van der Waals surface area contributed by atoms with Crippen molar-refractivity contribution in [3.05, 3.63) is 52.3 Å². The molecule has 26 heavy (non-hydrogen) atoms. The Hall–Kier alpha value is -2.01. The van der Waals surface area contributed by atoms with Gasteiger partial charge in [-0.15, -0.1) is 0 Å². The van der Waals surface area contributed by atoms with E-state index >= 15 is 0 Å². The quantitative estimate of drug-likeness (QED) is 0.444. The summed E-state index contributed by atoms with van der Waals surface area (Å²) >= 11 is 6.15. The Labute approximate surface area is 160 Å². The number of guanidine groups is 1. The van der Waals surface area contributed by atoms with Crippen molar-refractivity contribution in [2.75, 3.05) is 20.1 Å². The van der Waals surface area contributed by atoms with E-state index in [0.717, 1.165) is 42.7 Å². The first kappa shape index (κ1) is 18.8. The summed E-state index contributed by atoms with van der Waals surface area (Å²) in [5.74, 6) is 0.853. The van der Waals surface area contributed by atoms with Crippen LogP contribution in [-0.4, -0.2) is 35.9 Å². The molecule has 6 heteroatoms. The monoisotopic (exact) mass is 373 g/mol. The molecule has 1 fully saturated rings. The largest absolute Gasteiger partial charge is 0.356 e. The summed E-state index contributed by atoms with van der Waals surface area (Å²) in [6.07, 6.45) is 3.38. The van der Waals surface area contributed by atoms with Crippen molar-refractivity contribution >= 4 is 17.6 Å². The topological polar surface area (TPSA) is 54.2 Å². The molecule has 1 aromatic carbocycles. The van der Waals surface area contributed by atoms with Gasteiger partial charge in [0.15, 0.2) is 5.96 Å². The molecule has 5 nitrogen and oxygen atoms in total. The second-order valence-electron chi connectivity index (χ2n) is 7.15. The Morgan fingerprint density at radius 3 is 2.69 bits per heavy atom. The van der Waals surface area contributed by atoms with Gasteiger partial charge in [0, 0.05) is 42.8 Å². The number of aromatic nitrogens is 2. The second kappa shape index (κ2) is 8.12. The fourth-order valence-corrected chi connectivity index (χ4v) is 3.54. The van der Waals surface area contributed by atoms with Crippen molar-refractivity contribution in [2.24, 2.45) is 4.99 Å². The van der Waals surface area contributed by atoms with Crippen LogP contribution in [0.5, 0.6) is 0 Å². The fraction of sp³-hybridized carbons (Fsp3) is 0.500. The molecule has 140 valence electrons. The molecule has 1 aromatic heterocycles. The first-order chi connectivity index (χ1) is 12.5. The molecule has 1 aliphatic rings. The first-order valence-electron chi connectivity index (χ1n) is 9.24. The highest BCUT2D eigenvalue weighted by Gasteiger charge is 2.44. The number of nitrogens with one attached hydrogen (secondary N) is 2. The first-order valence-corrected chi connectivity index (χ1v) is 9.62. The summed E-state index contributed by atoms with van der Waals surface area (Å²) in [6.45, 7) is 6.78. The van der Waals surface area contributed by atoms with Crippen LogP contribution < -0.4 is 10.6 Å². The van der Waals surface area contributed by atoms with Gasteiger partial charge in [-0.05, 0) is 56.9 Å². The average Bonchev–Trinajstić information content (AvgIpc) is 3.34. The molecule has 0 spiro atoms. The molecule has 0 atom stereocenters. The Morgan fingerprint density at radius 2 is 2.08 bits per heavy atom. The fourth-order valence-electron chi connectivity index (χ4n) is 3.35. The number of aliphatic imine (C=N–C) groups is 1. The van der Waals surface area contributed by atoms with E-state index in [0.29, 0.717) is 0 Å². The van der Waals surface area contributed by atoms with Crippen LogP contribution in [0.2, 0.25) is 5.02 Å². The number of hydrogen-bond acceptors (Lipinski definition) is 2. The molecule has 0 amide bonds. The minimum Gasteiger partial charge on any atom is -0.356 e.